The van der Waals surface area contributed by atoms with Gasteiger partial charge in [0.05, 0.1) is 21.6 Å². The molecule has 2 aromatic rings. The van der Waals surface area contributed by atoms with Gasteiger partial charge in [0, 0.05) is 13.1 Å². The molecule has 0 atom stereocenters. The molecule has 0 radical (unpaired) electrons. The lowest BCUT2D eigenvalue weighted by atomic mass is 10.2. The number of fused-ring (bicyclic) bond motifs is 1. The van der Waals surface area contributed by atoms with Crippen LogP contribution in [0, 0.1) is 0 Å². The van der Waals surface area contributed by atoms with Crippen molar-refractivity contribution in [2.75, 3.05) is 24.2 Å². The molecule has 2 heterocycles. The minimum atomic E-state index is 0.759. The largest absolute Gasteiger partial charge is 0.395 e. The molecule has 17 heavy (non-hydrogen) atoms. The van der Waals surface area contributed by atoms with E-state index in [9.17, 15) is 0 Å². The molecule has 1 aliphatic heterocycles. The summed E-state index contributed by atoms with van der Waals surface area (Å²) >= 11 is 1.62. The Balaban J connectivity index is 1.86. The van der Waals surface area contributed by atoms with Crippen LogP contribution in [0.3, 0.4) is 0 Å². The monoisotopic (exact) mass is 248 g/mol. The summed E-state index contributed by atoms with van der Waals surface area (Å²) in [6.07, 6.45) is 3.84. The highest BCUT2D eigenvalue weighted by Crippen LogP contribution is 2.30. The lowest BCUT2D eigenvalue weighted by Gasteiger charge is -2.28. The number of thiazole rings is 1. The molecule has 0 bridgehead atoms. The molecule has 3 N–H and O–H groups in total. The maximum atomic E-state index is 6.14. The third-order valence-electron chi connectivity index (χ3n) is 3.18. The van der Waals surface area contributed by atoms with Gasteiger partial charge in [-0.05, 0) is 25.0 Å². The zero-order valence-corrected chi connectivity index (χ0v) is 10.5. The summed E-state index contributed by atoms with van der Waals surface area (Å²) in [6.45, 7) is 2.18. The Hall–Kier alpha value is -1.33. The summed E-state index contributed by atoms with van der Waals surface area (Å²) < 4.78 is 1.15. The lowest BCUT2D eigenvalue weighted by molar-refractivity contribution is 0.273. The standard InChI is InChI=1S/C12H16N4S/c13-11-9(15-16-6-2-1-3-7-16)4-5-10-12(11)14-8-17-10/h4-5,8,15H,1-3,6-7,13H2. The van der Waals surface area contributed by atoms with Crippen LogP contribution in [-0.2, 0) is 0 Å². The number of hydrogen-bond acceptors (Lipinski definition) is 5. The Kier molecular flexibility index (Phi) is 2.86. The second-order valence-electron chi connectivity index (χ2n) is 4.39. The summed E-state index contributed by atoms with van der Waals surface area (Å²) in [7, 11) is 0. The van der Waals surface area contributed by atoms with E-state index in [1.165, 1.54) is 19.3 Å². The van der Waals surface area contributed by atoms with Gasteiger partial charge in [0.15, 0.2) is 0 Å². The summed E-state index contributed by atoms with van der Waals surface area (Å²) in [5, 5.41) is 2.24. The molecule has 5 heteroatoms. The molecule has 0 aliphatic carbocycles. The number of anilines is 2. The van der Waals surface area contributed by atoms with Crippen molar-refractivity contribution in [3.63, 3.8) is 0 Å². The first-order valence-electron chi connectivity index (χ1n) is 5.98. The zero-order valence-electron chi connectivity index (χ0n) is 9.65. The second-order valence-corrected chi connectivity index (χ2v) is 5.27. The van der Waals surface area contributed by atoms with Gasteiger partial charge in [0.25, 0.3) is 0 Å². The average Bonchev–Trinajstić information content (AvgIpc) is 2.83. The van der Waals surface area contributed by atoms with Crippen LogP contribution >= 0.6 is 11.3 Å². The molecule has 0 amide bonds. The average molecular weight is 248 g/mol. The second kappa shape index (κ2) is 4.50. The number of nitrogens with zero attached hydrogens (tertiary/aromatic N) is 2. The van der Waals surface area contributed by atoms with Crippen LogP contribution in [0.5, 0.6) is 0 Å². The fraction of sp³-hybridized carbons (Fsp3) is 0.417. The molecule has 1 aromatic carbocycles. The summed E-state index contributed by atoms with van der Waals surface area (Å²) in [5.41, 5.74) is 14.0. The highest BCUT2D eigenvalue weighted by Gasteiger charge is 2.12. The third-order valence-corrected chi connectivity index (χ3v) is 3.97. The Bertz CT molecular complexity index is 516. The van der Waals surface area contributed by atoms with Crippen molar-refractivity contribution in [3.05, 3.63) is 17.6 Å². The van der Waals surface area contributed by atoms with E-state index in [1.807, 2.05) is 11.6 Å². The normalized spacial score (nSPS) is 17.4. The maximum absolute atomic E-state index is 6.14. The lowest BCUT2D eigenvalue weighted by Crippen LogP contribution is -2.35. The van der Waals surface area contributed by atoms with Crippen molar-refractivity contribution in [3.8, 4) is 0 Å². The van der Waals surface area contributed by atoms with Crippen molar-refractivity contribution in [2.45, 2.75) is 19.3 Å². The number of benzene rings is 1. The van der Waals surface area contributed by atoms with Gasteiger partial charge in [0.1, 0.15) is 5.52 Å². The molecule has 1 saturated heterocycles. The number of nitrogen functional groups attached to an aromatic ring is 1. The van der Waals surface area contributed by atoms with Gasteiger partial charge in [-0.3, -0.25) is 0 Å². The van der Waals surface area contributed by atoms with E-state index in [1.54, 1.807) is 11.3 Å². The SMILES string of the molecule is Nc1c(NN2CCCCC2)ccc2scnc12. The van der Waals surface area contributed by atoms with E-state index >= 15 is 0 Å². The summed E-state index contributed by atoms with van der Waals surface area (Å²) in [4.78, 5) is 4.31. The molecule has 3 rings (SSSR count). The number of piperidine rings is 1. The Morgan fingerprint density at radius 3 is 2.88 bits per heavy atom. The van der Waals surface area contributed by atoms with Crippen LogP contribution in [0.15, 0.2) is 17.6 Å². The summed E-state index contributed by atoms with van der Waals surface area (Å²) in [5.74, 6) is 0. The molecule has 1 fully saturated rings. The van der Waals surface area contributed by atoms with Crippen LogP contribution in [0.4, 0.5) is 11.4 Å². The molecule has 0 unspecified atom stereocenters. The smallest absolute Gasteiger partial charge is 0.106 e. The van der Waals surface area contributed by atoms with Crippen molar-refractivity contribution >= 4 is 32.9 Å². The van der Waals surface area contributed by atoms with E-state index < -0.39 is 0 Å². The van der Waals surface area contributed by atoms with Crippen molar-refractivity contribution in [1.29, 1.82) is 0 Å². The number of nitrogens with one attached hydrogen (secondary N) is 1. The van der Waals surface area contributed by atoms with Crippen LogP contribution in [-0.4, -0.2) is 23.1 Å². The van der Waals surface area contributed by atoms with Crippen LogP contribution < -0.4 is 11.2 Å². The Morgan fingerprint density at radius 1 is 1.24 bits per heavy atom. The van der Waals surface area contributed by atoms with Gasteiger partial charge in [-0.15, -0.1) is 11.3 Å². The molecular weight excluding hydrogens is 232 g/mol. The van der Waals surface area contributed by atoms with E-state index in [4.69, 9.17) is 5.73 Å². The van der Waals surface area contributed by atoms with Crippen LogP contribution in [0.25, 0.3) is 10.2 Å². The molecule has 90 valence electrons. The molecular formula is C12H16N4S. The quantitative estimate of drug-likeness (QED) is 0.802. The Morgan fingerprint density at radius 2 is 2.06 bits per heavy atom. The minimum absolute atomic E-state index is 0.759. The number of hydrazine groups is 1. The van der Waals surface area contributed by atoms with Crippen molar-refractivity contribution < 1.29 is 0 Å². The predicted molar refractivity (Wildman–Crippen MR) is 73.1 cm³/mol. The first-order valence-corrected chi connectivity index (χ1v) is 6.86. The fourth-order valence-electron chi connectivity index (χ4n) is 2.23. The molecule has 1 aliphatic rings. The van der Waals surface area contributed by atoms with E-state index in [-0.39, 0.29) is 0 Å². The number of nitrogens with two attached hydrogens (primary N) is 1. The van der Waals surface area contributed by atoms with Crippen LogP contribution in [0.1, 0.15) is 19.3 Å². The van der Waals surface area contributed by atoms with E-state index in [0.717, 1.165) is 34.7 Å². The topological polar surface area (TPSA) is 54.2 Å². The maximum Gasteiger partial charge on any atom is 0.106 e. The van der Waals surface area contributed by atoms with Crippen LogP contribution in [0.2, 0.25) is 0 Å². The predicted octanol–water partition coefficient (Wildman–Crippen LogP) is 2.69. The van der Waals surface area contributed by atoms with E-state index in [2.05, 4.69) is 21.5 Å². The number of aromatic nitrogens is 1. The summed E-state index contributed by atoms with van der Waals surface area (Å²) in [6, 6.07) is 4.13. The van der Waals surface area contributed by atoms with Crippen molar-refractivity contribution in [1.82, 2.24) is 9.99 Å². The molecule has 1 aromatic heterocycles. The molecule has 0 saturated carbocycles. The molecule has 4 nitrogen and oxygen atoms in total. The Labute approximate surface area is 104 Å². The zero-order chi connectivity index (χ0) is 11.7. The van der Waals surface area contributed by atoms with Gasteiger partial charge >= 0.3 is 0 Å². The third kappa shape index (κ3) is 2.08. The van der Waals surface area contributed by atoms with Gasteiger partial charge in [-0.25, -0.2) is 9.99 Å². The first-order chi connectivity index (χ1) is 8.34. The van der Waals surface area contributed by atoms with Gasteiger partial charge in [0.2, 0.25) is 0 Å². The highest BCUT2D eigenvalue weighted by molar-refractivity contribution is 7.16. The highest BCUT2D eigenvalue weighted by atomic mass is 32.1. The number of hydrogen-bond donors (Lipinski definition) is 2. The number of rotatable bonds is 2. The van der Waals surface area contributed by atoms with E-state index in [0.29, 0.717) is 0 Å². The van der Waals surface area contributed by atoms with Gasteiger partial charge < -0.3 is 11.2 Å². The molecule has 0 spiro atoms. The van der Waals surface area contributed by atoms with Gasteiger partial charge in [-0.1, -0.05) is 6.42 Å². The minimum Gasteiger partial charge on any atom is -0.395 e. The van der Waals surface area contributed by atoms with Crippen molar-refractivity contribution in [2.24, 2.45) is 0 Å². The fourth-order valence-corrected chi connectivity index (χ4v) is 2.92. The first kappa shape index (κ1) is 10.8. The van der Waals surface area contributed by atoms with Gasteiger partial charge in [-0.2, -0.15) is 0 Å².